The van der Waals surface area contributed by atoms with Crippen molar-refractivity contribution in [1.29, 1.82) is 0 Å². The molecule has 1 aromatic carbocycles. The van der Waals surface area contributed by atoms with Gasteiger partial charge in [0.2, 0.25) is 11.9 Å². The van der Waals surface area contributed by atoms with Crippen LogP contribution in [0.15, 0.2) is 82.9 Å². The first kappa shape index (κ1) is 20.3. The third-order valence-electron chi connectivity index (χ3n) is 5.00. The summed E-state index contributed by atoms with van der Waals surface area (Å²) >= 11 is 0. The first-order valence-corrected chi connectivity index (χ1v) is 10.1. The Balaban J connectivity index is 1.40. The number of rotatable bonds is 6. The van der Waals surface area contributed by atoms with Crippen LogP contribution >= 0.6 is 0 Å². The summed E-state index contributed by atoms with van der Waals surface area (Å²) in [5.41, 5.74) is 4.49. The van der Waals surface area contributed by atoms with E-state index in [-0.39, 0.29) is 23.9 Å². The summed E-state index contributed by atoms with van der Waals surface area (Å²) in [7, 11) is 0. The van der Waals surface area contributed by atoms with Gasteiger partial charge in [-0.05, 0) is 30.4 Å². The fraction of sp³-hybridized carbons (Fsp3) is 0.217. The average molecular weight is 417 g/mol. The van der Waals surface area contributed by atoms with Gasteiger partial charge in [0.15, 0.2) is 0 Å². The molecule has 2 heterocycles. The van der Waals surface area contributed by atoms with Crippen LogP contribution in [0, 0.1) is 0 Å². The minimum atomic E-state index is -1.09. The van der Waals surface area contributed by atoms with Gasteiger partial charge in [-0.25, -0.2) is 14.5 Å². The van der Waals surface area contributed by atoms with E-state index in [9.17, 15) is 9.59 Å². The average Bonchev–Trinajstić information content (AvgIpc) is 3.25. The summed E-state index contributed by atoms with van der Waals surface area (Å²) in [6, 6.07) is 10.4. The molecule has 2 aromatic rings. The van der Waals surface area contributed by atoms with Crippen molar-refractivity contribution in [2.24, 2.45) is 4.99 Å². The van der Waals surface area contributed by atoms with Crippen LogP contribution in [0.3, 0.4) is 0 Å². The molecule has 1 aliphatic heterocycles. The number of nitrogens with zero attached hydrogens (tertiary/aromatic N) is 3. The second-order valence-corrected chi connectivity index (χ2v) is 7.44. The summed E-state index contributed by atoms with van der Waals surface area (Å²) < 4.78 is 1.25. The molecule has 0 unspecified atom stereocenters. The number of carboxylic acids is 1. The second-order valence-electron chi connectivity index (χ2n) is 7.44. The monoisotopic (exact) mass is 417 g/mol. The zero-order valence-electron chi connectivity index (χ0n) is 16.9. The van der Waals surface area contributed by atoms with Crippen LogP contribution in [-0.2, 0) is 11.2 Å². The maximum absolute atomic E-state index is 12.0. The van der Waals surface area contributed by atoms with E-state index in [2.05, 4.69) is 57.1 Å². The van der Waals surface area contributed by atoms with Crippen molar-refractivity contribution >= 4 is 17.8 Å². The van der Waals surface area contributed by atoms with Crippen LogP contribution < -0.4 is 10.6 Å². The Morgan fingerprint density at radius 1 is 1.29 bits per heavy atom. The number of allylic oxidation sites excluding steroid dienone is 2. The van der Waals surface area contributed by atoms with E-state index in [1.807, 2.05) is 6.07 Å². The van der Waals surface area contributed by atoms with Crippen LogP contribution in [0.4, 0.5) is 0 Å². The first-order valence-electron chi connectivity index (χ1n) is 10.1. The zero-order chi connectivity index (χ0) is 21.6. The topological polar surface area (TPSA) is 109 Å². The molecule has 1 aliphatic carbocycles. The highest BCUT2D eigenvalue weighted by Crippen LogP contribution is 2.21. The predicted molar refractivity (Wildman–Crippen MR) is 116 cm³/mol. The van der Waals surface area contributed by atoms with Crippen molar-refractivity contribution in [2.75, 3.05) is 6.54 Å². The minimum absolute atomic E-state index is 0.0218. The molecule has 0 radical (unpaired) electrons. The molecule has 0 bridgehead atoms. The maximum Gasteiger partial charge on any atom is 0.338 e. The van der Waals surface area contributed by atoms with E-state index in [4.69, 9.17) is 5.11 Å². The number of hydrogen-bond donors (Lipinski definition) is 3. The zero-order valence-corrected chi connectivity index (χ0v) is 16.9. The molecular formula is C23H23N5O3. The van der Waals surface area contributed by atoms with E-state index in [1.54, 1.807) is 6.20 Å². The van der Waals surface area contributed by atoms with Crippen LogP contribution in [0.5, 0.6) is 0 Å². The fourth-order valence-electron chi connectivity index (χ4n) is 3.52. The molecule has 0 saturated heterocycles. The van der Waals surface area contributed by atoms with Gasteiger partial charge in [0.25, 0.3) is 0 Å². The highest BCUT2D eigenvalue weighted by atomic mass is 16.4. The normalized spacial score (nSPS) is 17.5. The van der Waals surface area contributed by atoms with Crippen molar-refractivity contribution in [2.45, 2.75) is 25.7 Å². The molecule has 158 valence electrons. The second kappa shape index (κ2) is 9.25. The standard InChI is InChI=1S/C23H23N5O3/c29-21-11-20(26-23(27-21)28-15-19(13-25-28)22(30)31)14-24-12-18-8-4-7-17(10-18)9-16-5-2-1-3-6-16/h1-3,5-6,8,10,13-15,24H,4,7,9,11-12H2,(H,30,31)(H,26,27,29)/b20-14+. The smallest absolute Gasteiger partial charge is 0.338 e. The largest absolute Gasteiger partial charge is 0.478 e. The van der Waals surface area contributed by atoms with Gasteiger partial charge in [-0.15, -0.1) is 0 Å². The number of aromatic carboxylic acids is 1. The maximum atomic E-state index is 12.0. The molecular weight excluding hydrogens is 394 g/mol. The Bertz CT molecular complexity index is 1110. The molecule has 1 amide bonds. The number of aliphatic imine (C=N–C) groups is 1. The van der Waals surface area contributed by atoms with Gasteiger partial charge in [-0.3, -0.25) is 10.1 Å². The number of carbonyl (C=O) groups is 2. The number of nitrogens with one attached hydrogen (secondary N) is 2. The van der Waals surface area contributed by atoms with Crippen molar-refractivity contribution in [3.8, 4) is 0 Å². The molecule has 0 fully saturated rings. The van der Waals surface area contributed by atoms with E-state index in [0.717, 1.165) is 19.3 Å². The number of hydrogen-bond acceptors (Lipinski definition) is 5. The van der Waals surface area contributed by atoms with E-state index >= 15 is 0 Å². The molecule has 0 saturated carbocycles. The number of amides is 1. The minimum Gasteiger partial charge on any atom is -0.478 e. The van der Waals surface area contributed by atoms with Gasteiger partial charge in [0.1, 0.15) is 0 Å². The lowest BCUT2D eigenvalue weighted by Gasteiger charge is -2.16. The van der Waals surface area contributed by atoms with Gasteiger partial charge in [-0.1, -0.05) is 48.1 Å². The quantitative estimate of drug-likeness (QED) is 0.670. The van der Waals surface area contributed by atoms with Crippen molar-refractivity contribution in [3.63, 3.8) is 0 Å². The molecule has 1 aromatic heterocycles. The molecule has 8 nitrogen and oxygen atoms in total. The third-order valence-corrected chi connectivity index (χ3v) is 5.00. The Morgan fingerprint density at radius 2 is 2.13 bits per heavy atom. The number of aromatic nitrogens is 2. The van der Waals surface area contributed by atoms with Crippen LogP contribution in [-0.4, -0.2) is 39.3 Å². The molecule has 4 rings (SSSR count). The Hall–Kier alpha value is -3.94. The van der Waals surface area contributed by atoms with Crippen molar-refractivity contribution in [1.82, 2.24) is 20.4 Å². The summed E-state index contributed by atoms with van der Waals surface area (Å²) in [5, 5.41) is 18.8. The molecule has 0 atom stereocenters. The predicted octanol–water partition coefficient (Wildman–Crippen LogP) is 2.63. The van der Waals surface area contributed by atoms with E-state index in [1.165, 1.54) is 33.8 Å². The number of carboxylic acid groups (broad SMARTS) is 1. The SMILES string of the molecule is O=C1C/C(=C\NCC2=CCCC(Cc3ccccc3)=C2)N=C(n2cc(C(=O)O)cn2)N1. The van der Waals surface area contributed by atoms with Gasteiger partial charge in [0, 0.05) is 18.9 Å². The van der Waals surface area contributed by atoms with Crippen LogP contribution in [0.1, 0.15) is 35.2 Å². The van der Waals surface area contributed by atoms with Crippen molar-refractivity contribution < 1.29 is 14.7 Å². The summed E-state index contributed by atoms with van der Waals surface area (Å²) in [6.45, 7) is 0.638. The number of carbonyl (C=O) groups excluding carboxylic acids is 1. The summed E-state index contributed by atoms with van der Waals surface area (Å²) in [6.07, 6.45) is 11.9. The summed E-state index contributed by atoms with van der Waals surface area (Å²) in [4.78, 5) is 27.5. The Kier molecular flexibility index (Phi) is 6.07. The lowest BCUT2D eigenvalue weighted by Crippen LogP contribution is -2.39. The van der Waals surface area contributed by atoms with Crippen molar-refractivity contribution in [3.05, 3.63) is 89.0 Å². The van der Waals surface area contributed by atoms with E-state index in [0.29, 0.717) is 12.2 Å². The molecule has 2 aliphatic rings. The molecule has 31 heavy (non-hydrogen) atoms. The third kappa shape index (κ3) is 5.36. The first-order chi connectivity index (χ1) is 15.1. The van der Waals surface area contributed by atoms with Gasteiger partial charge >= 0.3 is 5.97 Å². The Morgan fingerprint density at radius 3 is 2.90 bits per heavy atom. The molecule has 3 N–H and O–H groups in total. The molecule has 8 heteroatoms. The van der Waals surface area contributed by atoms with Crippen LogP contribution in [0.25, 0.3) is 0 Å². The Labute approximate surface area is 179 Å². The van der Waals surface area contributed by atoms with Crippen LogP contribution in [0.2, 0.25) is 0 Å². The molecule has 0 spiro atoms. The van der Waals surface area contributed by atoms with E-state index < -0.39 is 5.97 Å². The van der Waals surface area contributed by atoms with Gasteiger partial charge in [-0.2, -0.15) is 5.10 Å². The van der Waals surface area contributed by atoms with Gasteiger partial charge in [0.05, 0.1) is 23.9 Å². The highest BCUT2D eigenvalue weighted by molar-refractivity contribution is 6.01. The lowest BCUT2D eigenvalue weighted by molar-refractivity contribution is -0.119. The number of benzene rings is 1. The fourth-order valence-corrected chi connectivity index (χ4v) is 3.52. The highest BCUT2D eigenvalue weighted by Gasteiger charge is 2.19. The van der Waals surface area contributed by atoms with Gasteiger partial charge < -0.3 is 10.4 Å². The lowest BCUT2D eigenvalue weighted by atomic mass is 9.94. The summed E-state index contributed by atoms with van der Waals surface area (Å²) in [5.74, 6) is -1.14.